The molecule has 1 aromatic rings. The zero-order valence-corrected chi connectivity index (χ0v) is 9.98. The van der Waals surface area contributed by atoms with Gasteiger partial charge in [0.25, 0.3) is 0 Å². The molecule has 0 amide bonds. The number of rotatable bonds is 5. The molecular weight excluding hydrogens is 198 g/mol. The topological polar surface area (TPSA) is 23.5 Å². The van der Waals surface area contributed by atoms with Crippen LogP contribution in [0.3, 0.4) is 0 Å². The number of terminal acetylenes is 1. The molecule has 1 N–H and O–H groups in total. The maximum absolute atomic E-state index is 8.89. The van der Waals surface area contributed by atoms with E-state index in [1.807, 2.05) is 18.2 Å². The maximum Gasteiger partial charge on any atom is 0.0447 e. The number of aliphatic hydroxyl groups is 1. The smallest absolute Gasteiger partial charge is 0.0447 e. The molecule has 1 aromatic carbocycles. The number of anilines is 1. The summed E-state index contributed by atoms with van der Waals surface area (Å²) >= 11 is 0. The summed E-state index contributed by atoms with van der Waals surface area (Å²) in [6, 6.07) is 8.36. The van der Waals surface area contributed by atoms with Crippen molar-refractivity contribution < 1.29 is 5.11 Å². The Morgan fingerprint density at radius 1 is 1.44 bits per heavy atom. The van der Waals surface area contributed by atoms with Crippen LogP contribution >= 0.6 is 0 Å². The second-order valence-electron chi connectivity index (χ2n) is 4.06. The van der Waals surface area contributed by atoms with Gasteiger partial charge in [0.05, 0.1) is 0 Å². The molecule has 86 valence electrons. The predicted molar refractivity (Wildman–Crippen MR) is 68.6 cm³/mol. The number of nitrogens with zero attached hydrogens (tertiary/aromatic N) is 1. The lowest BCUT2D eigenvalue weighted by Gasteiger charge is -2.29. The first-order valence-electron chi connectivity index (χ1n) is 5.63. The van der Waals surface area contributed by atoms with Crippen LogP contribution in [-0.4, -0.2) is 24.3 Å². The fraction of sp³-hybridized carbons (Fsp3) is 0.429. The Balaban J connectivity index is 2.88. The molecule has 0 aromatic heterocycles. The van der Waals surface area contributed by atoms with Gasteiger partial charge < -0.3 is 10.0 Å². The first kappa shape index (κ1) is 12.6. The van der Waals surface area contributed by atoms with E-state index in [1.165, 1.54) is 0 Å². The van der Waals surface area contributed by atoms with Gasteiger partial charge >= 0.3 is 0 Å². The van der Waals surface area contributed by atoms with E-state index in [9.17, 15) is 0 Å². The zero-order valence-electron chi connectivity index (χ0n) is 9.98. The Morgan fingerprint density at radius 3 is 2.75 bits per heavy atom. The van der Waals surface area contributed by atoms with Crippen LogP contribution in [-0.2, 0) is 0 Å². The monoisotopic (exact) mass is 217 g/mol. The molecule has 2 nitrogen and oxygen atoms in total. The molecule has 0 fully saturated rings. The van der Waals surface area contributed by atoms with E-state index in [-0.39, 0.29) is 6.61 Å². The number of hydrogen-bond donors (Lipinski definition) is 1. The van der Waals surface area contributed by atoms with E-state index in [1.54, 1.807) is 0 Å². The van der Waals surface area contributed by atoms with Gasteiger partial charge in [0.2, 0.25) is 0 Å². The van der Waals surface area contributed by atoms with Gasteiger partial charge in [-0.3, -0.25) is 0 Å². The minimum absolute atomic E-state index is 0.220. The van der Waals surface area contributed by atoms with Crippen molar-refractivity contribution in [3.63, 3.8) is 0 Å². The molecule has 0 spiro atoms. The molecule has 16 heavy (non-hydrogen) atoms. The summed E-state index contributed by atoms with van der Waals surface area (Å²) in [7, 11) is 0. The highest BCUT2D eigenvalue weighted by molar-refractivity contribution is 5.52. The average Bonchev–Trinajstić information content (AvgIpc) is 2.29. The largest absolute Gasteiger partial charge is 0.396 e. The Morgan fingerprint density at radius 2 is 2.19 bits per heavy atom. The highest BCUT2D eigenvalue weighted by atomic mass is 16.3. The highest BCUT2D eigenvalue weighted by Gasteiger charge is 2.09. The van der Waals surface area contributed by atoms with E-state index in [4.69, 9.17) is 11.5 Å². The lowest BCUT2D eigenvalue weighted by atomic mass is 10.1. The molecule has 0 aliphatic rings. The molecule has 0 radical (unpaired) electrons. The molecular formula is C14H19NO. The minimum Gasteiger partial charge on any atom is -0.396 e. The second-order valence-corrected chi connectivity index (χ2v) is 4.06. The summed E-state index contributed by atoms with van der Waals surface area (Å²) in [4.78, 5) is 2.25. The van der Waals surface area contributed by atoms with Crippen molar-refractivity contribution in [1.82, 2.24) is 0 Å². The first-order valence-corrected chi connectivity index (χ1v) is 5.63. The highest BCUT2D eigenvalue weighted by Crippen LogP contribution is 2.18. The molecule has 1 rings (SSSR count). The number of hydrogen-bond acceptors (Lipinski definition) is 2. The van der Waals surface area contributed by atoms with Gasteiger partial charge in [-0.15, -0.1) is 6.42 Å². The van der Waals surface area contributed by atoms with Gasteiger partial charge in [-0.1, -0.05) is 12.0 Å². The third-order valence-corrected chi connectivity index (χ3v) is 2.52. The van der Waals surface area contributed by atoms with E-state index in [0.717, 1.165) is 24.2 Å². The van der Waals surface area contributed by atoms with Gasteiger partial charge in [-0.05, 0) is 38.5 Å². The third kappa shape index (κ3) is 3.29. The van der Waals surface area contributed by atoms with Crippen molar-refractivity contribution in [3.8, 4) is 12.3 Å². The van der Waals surface area contributed by atoms with Gasteiger partial charge in [0.15, 0.2) is 0 Å². The van der Waals surface area contributed by atoms with Crippen molar-refractivity contribution in [2.75, 3.05) is 18.1 Å². The average molecular weight is 217 g/mol. The Bertz CT molecular complexity index is 365. The van der Waals surface area contributed by atoms with E-state index >= 15 is 0 Å². The number of aliphatic hydroxyl groups excluding tert-OH is 1. The van der Waals surface area contributed by atoms with Crippen LogP contribution in [0, 0.1) is 12.3 Å². The van der Waals surface area contributed by atoms with Crippen LogP contribution in [0.4, 0.5) is 5.69 Å². The predicted octanol–water partition coefficient (Wildman–Crippen LogP) is 2.27. The number of benzene rings is 1. The molecule has 0 saturated heterocycles. The summed E-state index contributed by atoms with van der Waals surface area (Å²) in [6.45, 7) is 5.35. The van der Waals surface area contributed by atoms with Crippen LogP contribution in [0.15, 0.2) is 24.3 Å². The summed E-state index contributed by atoms with van der Waals surface area (Å²) in [6.07, 6.45) is 6.16. The SMILES string of the molecule is C#Cc1cccc(N(CCCO)C(C)C)c1. The zero-order chi connectivity index (χ0) is 12.0. The standard InChI is InChI=1S/C14H19NO/c1-4-13-7-5-8-14(11-13)15(12(2)3)9-6-10-16/h1,5,7-8,11-12,16H,6,9-10H2,2-3H3. The van der Waals surface area contributed by atoms with Gasteiger partial charge in [0.1, 0.15) is 0 Å². The Labute approximate surface area is 97.9 Å². The summed E-state index contributed by atoms with van der Waals surface area (Å²) in [5.41, 5.74) is 2.02. The maximum atomic E-state index is 8.89. The molecule has 0 bridgehead atoms. The van der Waals surface area contributed by atoms with Crippen molar-refractivity contribution in [1.29, 1.82) is 0 Å². The van der Waals surface area contributed by atoms with Crippen molar-refractivity contribution >= 4 is 5.69 Å². The van der Waals surface area contributed by atoms with E-state index < -0.39 is 0 Å². The third-order valence-electron chi connectivity index (χ3n) is 2.52. The molecule has 0 saturated carbocycles. The lowest BCUT2D eigenvalue weighted by molar-refractivity contribution is 0.288. The Kier molecular flexibility index (Phi) is 4.88. The second kappa shape index (κ2) is 6.19. The molecule has 0 aliphatic heterocycles. The van der Waals surface area contributed by atoms with Crippen LogP contribution < -0.4 is 4.90 Å². The first-order chi connectivity index (χ1) is 7.69. The summed E-state index contributed by atoms with van der Waals surface area (Å²) in [5.74, 6) is 2.64. The molecule has 0 aliphatic carbocycles. The molecule has 2 heteroatoms. The van der Waals surface area contributed by atoms with Crippen LogP contribution in [0.25, 0.3) is 0 Å². The van der Waals surface area contributed by atoms with E-state index in [2.05, 4.69) is 30.7 Å². The molecule has 0 atom stereocenters. The van der Waals surface area contributed by atoms with Crippen LogP contribution in [0.1, 0.15) is 25.8 Å². The minimum atomic E-state index is 0.220. The van der Waals surface area contributed by atoms with Crippen LogP contribution in [0.2, 0.25) is 0 Å². The summed E-state index contributed by atoms with van der Waals surface area (Å²) < 4.78 is 0. The fourth-order valence-corrected chi connectivity index (χ4v) is 1.70. The van der Waals surface area contributed by atoms with Gasteiger partial charge in [0, 0.05) is 30.4 Å². The van der Waals surface area contributed by atoms with Crippen LogP contribution in [0.5, 0.6) is 0 Å². The van der Waals surface area contributed by atoms with Gasteiger partial charge in [-0.25, -0.2) is 0 Å². The normalized spacial score (nSPS) is 10.2. The van der Waals surface area contributed by atoms with Crippen molar-refractivity contribution in [2.45, 2.75) is 26.3 Å². The molecule has 0 unspecified atom stereocenters. The van der Waals surface area contributed by atoms with Crippen molar-refractivity contribution in [3.05, 3.63) is 29.8 Å². The van der Waals surface area contributed by atoms with E-state index in [0.29, 0.717) is 6.04 Å². The van der Waals surface area contributed by atoms with Crippen molar-refractivity contribution in [2.24, 2.45) is 0 Å². The molecule has 0 heterocycles. The fourth-order valence-electron chi connectivity index (χ4n) is 1.70. The lowest BCUT2D eigenvalue weighted by Crippen LogP contribution is -2.32. The Hall–Kier alpha value is -1.46. The quantitative estimate of drug-likeness (QED) is 0.765. The summed E-state index contributed by atoms with van der Waals surface area (Å²) in [5, 5.41) is 8.89. The van der Waals surface area contributed by atoms with Gasteiger partial charge in [-0.2, -0.15) is 0 Å².